The van der Waals surface area contributed by atoms with Gasteiger partial charge in [0.15, 0.2) is 5.82 Å². The predicted octanol–water partition coefficient (Wildman–Crippen LogP) is 2.85. The van der Waals surface area contributed by atoms with Gasteiger partial charge in [-0.1, -0.05) is 35.5 Å². The number of aromatic nitrogens is 7. The highest BCUT2D eigenvalue weighted by Crippen LogP contribution is 2.23. The van der Waals surface area contributed by atoms with E-state index in [4.69, 9.17) is 0 Å². The highest BCUT2D eigenvalue weighted by molar-refractivity contribution is 5.46. The number of hydrogen-bond donors (Lipinski definition) is 1. The third-order valence-electron chi connectivity index (χ3n) is 4.32. The first-order valence-electron chi connectivity index (χ1n) is 8.25. The van der Waals surface area contributed by atoms with Crippen LogP contribution >= 0.6 is 0 Å². The van der Waals surface area contributed by atoms with Gasteiger partial charge < -0.3 is 9.55 Å². The highest BCUT2D eigenvalue weighted by atomic mass is 15.4. The molecule has 25 heavy (non-hydrogen) atoms. The maximum absolute atomic E-state index is 4.35. The van der Waals surface area contributed by atoms with Gasteiger partial charge in [-0.15, -0.1) is 5.10 Å². The van der Waals surface area contributed by atoms with Crippen molar-refractivity contribution in [3.8, 4) is 11.5 Å². The van der Waals surface area contributed by atoms with E-state index in [2.05, 4.69) is 54.1 Å². The molecule has 0 fully saturated rings. The zero-order valence-electron chi connectivity index (χ0n) is 13.9. The zero-order valence-corrected chi connectivity index (χ0v) is 13.9. The molecule has 1 N–H and O–H groups in total. The molecular formula is C18H19N7. The minimum Gasteiger partial charge on any atom is -0.343 e. The standard InChI is InChI=1S/C18H19N7/c1-14-19-10-12-24(14)11-7-17(15-5-3-2-4-6-15)25-13-16(22-23-25)18-20-8-9-21-18/h2-6,8-10,12-13,17H,7,11H2,1H3,(H,20,21). The molecule has 0 saturated carbocycles. The first-order chi connectivity index (χ1) is 12.3. The van der Waals surface area contributed by atoms with Crippen molar-refractivity contribution >= 4 is 0 Å². The molecule has 126 valence electrons. The van der Waals surface area contributed by atoms with Gasteiger partial charge in [-0.2, -0.15) is 0 Å². The molecule has 0 radical (unpaired) electrons. The SMILES string of the molecule is Cc1nccn1CCC(c1ccccc1)n1cc(-c2ncc[nH]2)nn1. The van der Waals surface area contributed by atoms with E-state index in [0.29, 0.717) is 0 Å². The monoisotopic (exact) mass is 333 g/mol. The predicted molar refractivity (Wildman–Crippen MR) is 93.8 cm³/mol. The third kappa shape index (κ3) is 3.21. The van der Waals surface area contributed by atoms with Crippen LogP contribution in [0.2, 0.25) is 0 Å². The molecule has 0 amide bonds. The Bertz CT molecular complexity index is 921. The lowest BCUT2D eigenvalue weighted by Gasteiger charge is -2.18. The molecule has 3 aromatic heterocycles. The van der Waals surface area contributed by atoms with Gasteiger partial charge in [-0.05, 0) is 18.9 Å². The van der Waals surface area contributed by atoms with Crippen LogP contribution in [-0.4, -0.2) is 34.5 Å². The van der Waals surface area contributed by atoms with Gasteiger partial charge >= 0.3 is 0 Å². The Morgan fingerprint density at radius 3 is 2.72 bits per heavy atom. The summed E-state index contributed by atoms with van der Waals surface area (Å²) in [5, 5.41) is 8.62. The summed E-state index contributed by atoms with van der Waals surface area (Å²) < 4.78 is 4.07. The molecule has 7 heteroatoms. The molecule has 1 unspecified atom stereocenters. The molecule has 0 saturated heterocycles. The van der Waals surface area contributed by atoms with Crippen LogP contribution in [0.4, 0.5) is 0 Å². The summed E-state index contributed by atoms with van der Waals surface area (Å²) in [7, 11) is 0. The Morgan fingerprint density at radius 2 is 2.00 bits per heavy atom. The first-order valence-corrected chi connectivity index (χ1v) is 8.25. The third-order valence-corrected chi connectivity index (χ3v) is 4.32. The summed E-state index contributed by atoms with van der Waals surface area (Å²) in [6.07, 6.45) is 10.2. The Hall–Kier alpha value is -3.22. The molecule has 4 rings (SSSR count). The summed E-state index contributed by atoms with van der Waals surface area (Å²) in [6, 6.07) is 10.5. The van der Waals surface area contributed by atoms with Gasteiger partial charge in [-0.3, -0.25) is 0 Å². The lowest BCUT2D eigenvalue weighted by Crippen LogP contribution is -2.14. The van der Waals surface area contributed by atoms with Crippen LogP contribution in [-0.2, 0) is 6.54 Å². The molecule has 1 aromatic carbocycles. The minimum absolute atomic E-state index is 0.0965. The van der Waals surface area contributed by atoms with Crippen molar-refractivity contribution < 1.29 is 0 Å². The highest BCUT2D eigenvalue weighted by Gasteiger charge is 2.17. The average molecular weight is 333 g/mol. The lowest BCUT2D eigenvalue weighted by atomic mass is 10.0. The van der Waals surface area contributed by atoms with Crippen molar-refractivity contribution in [2.45, 2.75) is 25.9 Å². The Labute approximate surface area is 145 Å². The van der Waals surface area contributed by atoms with Crippen molar-refractivity contribution in [2.75, 3.05) is 0 Å². The van der Waals surface area contributed by atoms with Gasteiger partial charge in [0.2, 0.25) is 0 Å². The average Bonchev–Trinajstić information content (AvgIpc) is 3.38. The molecule has 0 spiro atoms. The molecule has 0 aliphatic rings. The van der Waals surface area contributed by atoms with E-state index in [1.54, 1.807) is 12.4 Å². The van der Waals surface area contributed by atoms with E-state index in [1.807, 2.05) is 36.3 Å². The number of hydrogen-bond acceptors (Lipinski definition) is 4. The molecule has 0 aliphatic heterocycles. The second-order valence-corrected chi connectivity index (χ2v) is 5.90. The van der Waals surface area contributed by atoms with Crippen LogP contribution in [0, 0.1) is 6.92 Å². The van der Waals surface area contributed by atoms with Crippen molar-refractivity contribution in [3.05, 3.63) is 72.7 Å². The van der Waals surface area contributed by atoms with E-state index in [-0.39, 0.29) is 6.04 Å². The summed E-state index contributed by atoms with van der Waals surface area (Å²) in [6.45, 7) is 2.88. The topological polar surface area (TPSA) is 77.2 Å². The van der Waals surface area contributed by atoms with Crippen molar-refractivity contribution in [2.24, 2.45) is 0 Å². The van der Waals surface area contributed by atoms with Gasteiger partial charge in [0.25, 0.3) is 0 Å². The normalized spacial score (nSPS) is 12.4. The van der Waals surface area contributed by atoms with Crippen LogP contribution < -0.4 is 0 Å². The van der Waals surface area contributed by atoms with Crippen LogP contribution in [0.1, 0.15) is 23.9 Å². The number of H-pyrrole nitrogens is 1. The quantitative estimate of drug-likeness (QED) is 0.588. The minimum atomic E-state index is 0.0965. The summed E-state index contributed by atoms with van der Waals surface area (Å²) in [5.41, 5.74) is 1.95. The molecule has 0 aliphatic carbocycles. The van der Waals surface area contributed by atoms with Crippen LogP contribution in [0.25, 0.3) is 11.5 Å². The molecule has 4 aromatic rings. The van der Waals surface area contributed by atoms with E-state index < -0.39 is 0 Å². The molecule has 3 heterocycles. The van der Waals surface area contributed by atoms with Crippen LogP contribution in [0.5, 0.6) is 0 Å². The van der Waals surface area contributed by atoms with Gasteiger partial charge in [0.1, 0.15) is 11.5 Å². The fourth-order valence-electron chi connectivity index (χ4n) is 2.97. The van der Waals surface area contributed by atoms with Crippen molar-refractivity contribution in [3.63, 3.8) is 0 Å². The second kappa shape index (κ2) is 6.72. The number of imidazole rings is 2. The van der Waals surface area contributed by atoms with Gasteiger partial charge in [-0.25, -0.2) is 14.6 Å². The van der Waals surface area contributed by atoms with Crippen LogP contribution in [0.15, 0.2) is 61.3 Å². The van der Waals surface area contributed by atoms with E-state index in [0.717, 1.165) is 30.3 Å². The Kier molecular flexibility index (Phi) is 4.12. The number of aromatic amines is 1. The van der Waals surface area contributed by atoms with Gasteiger partial charge in [0.05, 0.1) is 12.2 Å². The first kappa shape index (κ1) is 15.3. The van der Waals surface area contributed by atoms with Crippen molar-refractivity contribution in [1.82, 2.24) is 34.5 Å². The smallest absolute Gasteiger partial charge is 0.159 e. The fourth-order valence-corrected chi connectivity index (χ4v) is 2.97. The molecule has 7 nitrogen and oxygen atoms in total. The largest absolute Gasteiger partial charge is 0.343 e. The molecular weight excluding hydrogens is 314 g/mol. The summed E-state index contributed by atoms with van der Waals surface area (Å²) >= 11 is 0. The second-order valence-electron chi connectivity index (χ2n) is 5.90. The summed E-state index contributed by atoms with van der Waals surface area (Å²) in [4.78, 5) is 11.6. The van der Waals surface area contributed by atoms with Gasteiger partial charge in [0, 0.05) is 31.3 Å². The van der Waals surface area contributed by atoms with Crippen molar-refractivity contribution in [1.29, 1.82) is 0 Å². The van der Waals surface area contributed by atoms with E-state index in [1.165, 1.54) is 5.56 Å². The van der Waals surface area contributed by atoms with Crippen LogP contribution in [0.3, 0.4) is 0 Å². The lowest BCUT2D eigenvalue weighted by molar-refractivity contribution is 0.442. The Morgan fingerprint density at radius 1 is 1.12 bits per heavy atom. The maximum atomic E-state index is 4.35. The number of benzene rings is 1. The van der Waals surface area contributed by atoms with E-state index in [9.17, 15) is 0 Å². The number of rotatable bonds is 6. The molecule has 1 atom stereocenters. The van der Waals surface area contributed by atoms with E-state index >= 15 is 0 Å². The number of aryl methyl sites for hydroxylation is 2. The fraction of sp³-hybridized carbons (Fsp3) is 0.222. The zero-order chi connectivity index (χ0) is 17.1. The maximum Gasteiger partial charge on any atom is 0.159 e. The number of nitrogens with one attached hydrogen (secondary N) is 1. The molecule has 0 bridgehead atoms. The summed E-state index contributed by atoms with van der Waals surface area (Å²) in [5.74, 6) is 1.74. The Balaban J connectivity index is 1.62. The number of nitrogens with zero attached hydrogens (tertiary/aromatic N) is 6.